The summed E-state index contributed by atoms with van der Waals surface area (Å²) in [5, 5.41) is 3.97. The van der Waals surface area contributed by atoms with Crippen molar-refractivity contribution in [3.63, 3.8) is 0 Å². The second-order valence-corrected chi connectivity index (χ2v) is 3.24. The van der Waals surface area contributed by atoms with E-state index in [9.17, 15) is 9.18 Å². The van der Waals surface area contributed by atoms with Gasteiger partial charge in [0.25, 0.3) is 6.47 Å². The van der Waals surface area contributed by atoms with Crippen LogP contribution in [0.3, 0.4) is 0 Å². The number of hydrogen-bond acceptors (Lipinski definition) is 3. The van der Waals surface area contributed by atoms with Crippen molar-refractivity contribution in [3.05, 3.63) is 36.3 Å². The molecule has 0 unspecified atom stereocenters. The molecule has 0 fully saturated rings. The van der Waals surface area contributed by atoms with Crippen LogP contribution in [0.2, 0.25) is 0 Å². The van der Waals surface area contributed by atoms with Crippen LogP contribution in [0.5, 0.6) is 5.88 Å². The molecule has 4 nitrogen and oxygen atoms in total. The van der Waals surface area contributed by atoms with Crippen LogP contribution in [0.4, 0.5) is 4.39 Å². The summed E-state index contributed by atoms with van der Waals surface area (Å²) in [6.07, 6.45) is 1.70. The molecule has 1 aromatic carbocycles. The number of aromatic nitrogens is 2. The van der Waals surface area contributed by atoms with Gasteiger partial charge in [-0.2, -0.15) is 0 Å². The molecule has 2 rings (SSSR count). The summed E-state index contributed by atoms with van der Waals surface area (Å²) in [4.78, 5) is 10.3. The molecule has 1 heterocycles. The molecule has 0 atom stereocenters. The number of hydrogen-bond donors (Lipinski definition) is 0. The minimum atomic E-state index is -0.314. The van der Waals surface area contributed by atoms with Gasteiger partial charge in [-0.1, -0.05) is 12.1 Å². The van der Waals surface area contributed by atoms with Crippen LogP contribution in [-0.4, -0.2) is 16.3 Å². The Morgan fingerprint density at radius 1 is 1.38 bits per heavy atom. The molecular formula is C11H9FN2O2. The van der Waals surface area contributed by atoms with Crippen LogP contribution in [0, 0.1) is 5.82 Å². The molecule has 82 valence electrons. The molecule has 0 radical (unpaired) electrons. The van der Waals surface area contributed by atoms with Crippen molar-refractivity contribution in [1.29, 1.82) is 0 Å². The van der Waals surface area contributed by atoms with Gasteiger partial charge in [0.05, 0.1) is 5.56 Å². The number of halogens is 1. The Kier molecular flexibility index (Phi) is 2.68. The Labute approximate surface area is 91.3 Å². The van der Waals surface area contributed by atoms with Gasteiger partial charge in [-0.25, -0.2) is 4.39 Å². The Morgan fingerprint density at radius 3 is 2.69 bits per heavy atom. The van der Waals surface area contributed by atoms with Gasteiger partial charge in [0.1, 0.15) is 5.82 Å². The zero-order chi connectivity index (χ0) is 11.5. The first-order valence-electron chi connectivity index (χ1n) is 4.60. The lowest BCUT2D eigenvalue weighted by molar-refractivity contribution is -0.120. The third-order valence-corrected chi connectivity index (χ3v) is 2.11. The van der Waals surface area contributed by atoms with E-state index in [1.54, 1.807) is 25.4 Å². The van der Waals surface area contributed by atoms with Crippen molar-refractivity contribution in [2.24, 2.45) is 7.05 Å². The average Bonchev–Trinajstić information content (AvgIpc) is 2.61. The van der Waals surface area contributed by atoms with Gasteiger partial charge in [0.2, 0.25) is 5.88 Å². The Bertz CT molecular complexity index is 505. The smallest absolute Gasteiger partial charge is 0.299 e. The number of aryl methyl sites for hydroxylation is 1. The zero-order valence-electron chi connectivity index (χ0n) is 8.55. The summed E-state index contributed by atoms with van der Waals surface area (Å²) in [6.45, 7) is 0.315. The van der Waals surface area contributed by atoms with E-state index in [2.05, 4.69) is 5.10 Å². The number of carbonyl (C=O) groups is 1. The second kappa shape index (κ2) is 4.14. The van der Waals surface area contributed by atoms with E-state index in [4.69, 9.17) is 4.74 Å². The largest absolute Gasteiger partial charge is 0.407 e. The molecule has 0 spiro atoms. The van der Waals surface area contributed by atoms with Crippen molar-refractivity contribution >= 4 is 6.47 Å². The van der Waals surface area contributed by atoms with Gasteiger partial charge < -0.3 is 4.74 Å². The van der Waals surface area contributed by atoms with Crippen molar-refractivity contribution in [3.8, 4) is 17.0 Å². The molecule has 5 heteroatoms. The fourth-order valence-corrected chi connectivity index (χ4v) is 1.43. The van der Waals surface area contributed by atoms with E-state index < -0.39 is 0 Å². The van der Waals surface area contributed by atoms with Crippen LogP contribution in [0.1, 0.15) is 0 Å². The number of nitrogens with zero attached hydrogens (tertiary/aromatic N) is 2. The van der Waals surface area contributed by atoms with Gasteiger partial charge in [-0.05, 0) is 17.7 Å². The van der Waals surface area contributed by atoms with Crippen molar-refractivity contribution in [2.45, 2.75) is 0 Å². The molecule has 0 N–H and O–H groups in total. The molecule has 0 aliphatic rings. The SMILES string of the molecule is Cn1cc(-c2ccc(F)cc2)c(OC=O)n1. The third-order valence-electron chi connectivity index (χ3n) is 2.11. The van der Waals surface area contributed by atoms with Crippen LogP contribution < -0.4 is 4.74 Å². The molecule has 16 heavy (non-hydrogen) atoms. The van der Waals surface area contributed by atoms with Gasteiger partial charge in [0.15, 0.2) is 0 Å². The highest BCUT2D eigenvalue weighted by Crippen LogP contribution is 2.28. The quantitative estimate of drug-likeness (QED) is 0.740. The summed E-state index contributed by atoms with van der Waals surface area (Å²) in [7, 11) is 1.71. The predicted octanol–water partition coefficient (Wildman–Crippen LogP) is 1.76. The van der Waals surface area contributed by atoms with E-state index in [0.717, 1.165) is 5.56 Å². The van der Waals surface area contributed by atoms with E-state index in [1.807, 2.05) is 0 Å². The average molecular weight is 220 g/mol. The van der Waals surface area contributed by atoms with Crippen LogP contribution in [0.25, 0.3) is 11.1 Å². The van der Waals surface area contributed by atoms with Crippen molar-refractivity contribution < 1.29 is 13.9 Å². The number of ether oxygens (including phenoxy) is 1. The summed E-state index contributed by atoms with van der Waals surface area (Å²) in [6, 6.07) is 5.88. The number of benzene rings is 1. The van der Waals surface area contributed by atoms with Crippen molar-refractivity contribution in [2.75, 3.05) is 0 Å². The first-order chi connectivity index (χ1) is 7.70. The predicted molar refractivity (Wildman–Crippen MR) is 55.3 cm³/mol. The number of rotatable bonds is 3. The monoisotopic (exact) mass is 220 g/mol. The minimum Gasteiger partial charge on any atom is -0.407 e. The number of carbonyl (C=O) groups excluding carboxylic acids is 1. The summed E-state index contributed by atoms with van der Waals surface area (Å²) < 4.78 is 19.0. The Hall–Kier alpha value is -2.17. The molecule has 0 aliphatic heterocycles. The van der Waals surface area contributed by atoms with E-state index >= 15 is 0 Å². The zero-order valence-corrected chi connectivity index (χ0v) is 8.55. The molecule has 1 aromatic heterocycles. The topological polar surface area (TPSA) is 44.1 Å². The maximum atomic E-state index is 12.7. The van der Waals surface area contributed by atoms with Gasteiger partial charge >= 0.3 is 0 Å². The highest BCUT2D eigenvalue weighted by Gasteiger charge is 2.10. The van der Waals surface area contributed by atoms with E-state index in [1.165, 1.54) is 16.8 Å². The maximum Gasteiger partial charge on any atom is 0.299 e. The normalized spacial score (nSPS) is 10.1. The lowest BCUT2D eigenvalue weighted by Gasteiger charge is -1.99. The summed E-state index contributed by atoms with van der Waals surface area (Å²) in [5.41, 5.74) is 1.39. The molecular weight excluding hydrogens is 211 g/mol. The fraction of sp³-hybridized carbons (Fsp3) is 0.0909. The fourth-order valence-electron chi connectivity index (χ4n) is 1.43. The van der Waals surface area contributed by atoms with E-state index in [0.29, 0.717) is 12.0 Å². The Morgan fingerprint density at radius 2 is 2.06 bits per heavy atom. The minimum absolute atomic E-state index is 0.212. The van der Waals surface area contributed by atoms with Gasteiger partial charge in [0, 0.05) is 13.2 Å². The lowest BCUT2D eigenvalue weighted by Crippen LogP contribution is -1.92. The molecule has 0 saturated carbocycles. The van der Waals surface area contributed by atoms with Crippen LogP contribution in [-0.2, 0) is 11.8 Å². The highest BCUT2D eigenvalue weighted by atomic mass is 19.1. The lowest BCUT2D eigenvalue weighted by atomic mass is 10.1. The van der Waals surface area contributed by atoms with Crippen molar-refractivity contribution in [1.82, 2.24) is 9.78 Å². The Balaban J connectivity index is 2.45. The third kappa shape index (κ3) is 1.93. The highest BCUT2D eigenvalue weighted by molar-refractivity contribution is 5.69. The first-order valence-corrected chi connectivity index (χ1v) is 4.60. The maximum absolute atomic E-state index is 12.7. The van der Waals surface area contributed by atoms with Crippen LogP contribution in [0.15, 0.2) is 30.5 Å². The van der Waals surface area contributed by atoms with Gasteiger partial charge in [-0.3, -0.25) is 9.48 Å². The molecule has 0 amide bonds. The molecule has 0 aliphatic carbocycles. The summed E-state index contributed by atoms with van der Waals surface area (Å²) >= 11 is 0. The second-order valence-electron chi connectivity index (χ2n) is 3.24. The molecule has 2 aromatic rings. The van der Waals surface area contributed by atoms with E-state index in [-0.39, 0.29) is 11.7 Å². The standard InChI is InChI=1S/C11H9FN2O2/c1-14-6-10(11(13-14)16-7-15)8-2-4-9(12)5-3-8/h2-7H,1H3. The van der Waals surface area contributed by atoms with Crippen LogP contribution >= 0.6 is 0 Å². The van der Waals surface area contributed by atoms with Gasteiger partial charge in [-0.15, -0.1) is 5.10 Å². The first kappa shape index (κ1) is 10.4. The molecule has 0 saturated heterocycles. The molecule has 0 bridgehead atoms. The summed E-state index contributed by atoms with van der Waals surface area (Å²) in [5.74, 6) is -0.102.